The van der Waals surface area contributed by atoms with Crippen LogP contribution in [0.15, 0.2) is 48.8 Å². The lowest BCUT2D eigenvalue weighted by atomic mass is 10.1. The summed E-state index contributed by atoms with van der Waals surface area (Å²) < 4.78 is 0. The molecule has 2 aromatic heterocycles. The number of rotatable bonds is 3. The molecule has 0 spiro atoms. The van der Waals surface area contributed by atoms with E-state index in [-0.39, 0.29) is 6.04 Å². The van der Waals surface area contributed by atoms with E-state index in [0.29, 0.717) is 5.69 Å². The molecule has 0 radical (unpaired) electrons. The normalized spacial score (nSPS) is 12.5. The third-order valence-corrected chi connectivity index (χ3v) is 3.28. The maximum atomic E-state index is 5.90. The number of nitrogens with zero attached hydrogens (tertiary/aromatic N) is 1. The zero-order valence-corrected chi connectivity index (χ0v) is 10.7. The van der Waals surface area contributed by atoms with Gasteiger partial charge in [0.2, 0.25) is 0 Å². The van der Waals surface area contributed by atoms with Gasteiger partial charge in [-0.3, -0.25) is 0 Å². The molecule has 1 unspecified atom stereocenters. The molecule has 0 saturated heterocycles. The van der Waals surface area contributed by atoms with Crippen molar-refractivity contribution in [3.63, 3.8) is 0 Å². The first-order chi connectivity index (χ1) is 9.25. The van der Waals surface area contributed by atoms with Crippen molar-refractivity contribution < 1.29 is 0 Å². The maximum Gasteiger partial charge on any atom is 0.149 e. The van der Waals surface area contributed by atoms with Gasteiger partial charge in [-0.05, 0) is 30.7 Å². The number of hydrogen-bond donors (Lipinski definition) is 3. The summed E-state index contributed by atoms with van der Waals surface area (Å²) in [4.78, 5) is 7.54. The van der Waals surface area contributed by atoms with Gasteiger partial charge in [-0.1, -0.05) is 18.2 Å². The number of nitrogens with two attached hydrogens (primary N) is 1. The van der Waals surface area contributed by atoms with Crippen molar-refractivity contribution in [1.82, 2.24) is 9.97 Å². The first-order valence-electron chi connectivity index (χ1n) is 6.29. The SMILES string of the molecule is CC(Nc1ncccc1N)c1c[nH]c2ccccc12. The van der Waals surface area contributed by atoms with Crippen LogP contribution in [-0.4, -0.2) is 9.97 Å². The first-order valence-corrected chi connectivity index (χ1v) is 6.29. The Morgan fingerprint density at radius 2 is 2.05 bits per heavy atom. The molecule has 3 rings (SSSR count). The number of fused-ring (bicyclic) bond motifs is 1. The standard InChI is InChI=1S/C15H16N4/c1-10(19-15-13(16)6-4-8-17-15)12-9-18-14-7-3-2-5-11(12)14/h2-10,18H,16H2,1H3,(H,17,19). The van der Waals surface area contributed by atoms with E-state index in [1.807, 2.05) is 30.5 Å². The average Bonchev–Trinajstić information content (AvgIpc) is 2.85. The van der Waals surface area contributed by atoms with Crippen molar-refractivity contribution in [2.75, 3.05) is 11.1 Å². The van der Waals surface area contributed by atoms with Gasteiger partial charge in [0.1, 0.15) is 5.82 Å². The van der Waals surface area contributed by atoms with E-state index in [0.717, 1.165) is 11.3 Å². The molecule has 0 aliphatic carbocycles. The van der Waals surface area contributed by atoms with Gasteiger partial charge in [0.05, 0.1) is 11.7 Å². The number of nitrogens with one attached hydrogen (secondary N) is 2. The van der Waals surface area contributed by atoms with Crippen LogP contribution in [0, 0.1) is 0 Å². The monoisotopic (exact) mass is 252 g/mol. The number of pyridine rings is 1. The molecule has 1 atom stereocenters. The predicted octanol–water partition coefficient (Wildman–Crippen LogP) is 3.32. The van der Waals surface area contributed by atoms with Crippen LogP contribution in [0.3, 0.4) is 0 Å². The summed E-state index contributed by atoms with van der Waals surface area (Å²) in [7, 11) is 0. The Labute approximate surface area is 111 Å². The summed E-state index contributed by atoms with van der Waals surface area (Å²) in [6.07, 6.45) is 3.77. The van der Waals surface area contributed by atoms with E-state index in [1.54, 1.807) is 6.20 Å². The van der Waals surface area contributed by atoms with Gasteiger partial charge >= 0.3 is 0 Å². The molecule has 96 valence electrons. The van der Waals surface area contributed by atoms with Crippen LogP contribution < -0.4 is 11.1 Å². The molecule has 2 heterocycles. The van der Waals surface area contributed by atoms with E-state index in [1.165, 1.54) is 10.9 Å². The van der Waals surface area contributed by atoms with E-state index >= 15 is 0 Å². The minimum atomic E-state index is 0.133. The lowest BCUT2D eigenvalue weighted by Gasteiger charge is -2.15. The van der Waals surface area contributed by atoms with Gasteiger partial charge < -0.3 is 16.0 Å². The summed E-state index contributed by atoms with van der Waals surface area (Å²) in [5.41, 5.74) is 8.91. The summed E-state index contributed by atoms with van der Waals surface area (Å²) in [5.74, 6) is 0.722. The van der Waals surface area contributed by atoms with Crippen molar-refractivity contribution in [2.45, 2.75) is 13.0 Å². The largest absolute Gasteiger partial charge is 0.396 e. The van der Waals surface area contributed by atoms with E-state index in [9.17, 15) is 0 Å². The third kappa shape index (κ3) is 2.12. The molecule has 0 aliphatic heterocycles. The average molecular weight is 252 g/mol. The topological polar surface area (TPSA) is 66.7 Å². The highest BCUT2D eigenvalue weighted by atomic mass is 15.0. The second-order valence-corrected chi connectivity index (χ2v) is 4.60. The molecule has 1 aromatic carbocycles. The molecule has 0 aliphatic rings. The van der Waals surface area contributed by atoms with Crippen LogP contribution in [0.2, 0.25) is 0 Å². The van der Waals surface area contributed by atoms with Gasteiger partial charge in [0.25, 0.3) is 0 Å². The van der Waals surface area contributed by atoms with Gasteiger partial charge in [-0.2, -0.15) is 0 Å². The van der Waals surface area contributed by atoms with Crippen molar-refractivity contribution in [3.05, 3.63) is 54.4 Å². The van der Waals surface area contributed by atoms with E-state index in [2.05, 4.69) is 34.3 Å². The molecule has 0 amide bonds. The van der Waals surface area contributed by atoms with Crippen molar-refractivity contribution in [3.8, 4) is 0 Å². The molecule has 0 saturated carbocycles. The summed E-state index contributed by atoms with van der Waals surface area (Å²) >= 11 is 0. The molecular formula is C15H16N4. The number of benzene rings is 1. The Hall–Kier alpha value is -2.49. The molecule has 4 nitrogen and oxygen atoms in total. The Morgan fingerprint density at radius 1 is 1.21 bits per heavy atom. The fourth-order valence-electron chi connectivity index (χ4n) is 2.27. The number of aromatic nitrogens is 2. The van der Waals surface area contributed by atoms with Crippen LogP contribution in [0.5, 0.6) is 0 Å². The summed E-state index contributed by atoms with van der Waals surface area (Å²) in [6.45, 7) is 2.10. The fraction of sp³-hybridized carbons (Fsp3) is 0.133. The van der Waals surface area contributed by atoms with Crippen LogP contribution in [0.4, 0.5) is 11.5 Å². The highest BCUT2D eigenvalue weighted by molar-refractivity contribution is 5.84. The Bertz CT molecular complexity index is 702. The van der Waals surface area contributed by atoms with Gasteiger partial charge in [-0.15, -0.1) is 0 Å². The van der Waals surface area contributed by atoms with E-state index < -0.39 is 0 Å². The van der Waals surface area contributed by atoms with Gasteiger partial charge in [-0.25, -0.2) is 4.98 Å². The van der Waals surface area contributed by atoms with Crippen LogP contribution in [0.25, 0.3) is 10.9 Å². The lowest BCUT2D eigenvalue weighted by molar-refractivity contribution is 0.884. The molecule has 4 heteroatoms. The molecule has 19 heavy (non-hydrogen) atoms. The number of anilines is 2. The number of hydrogen-bond acceptors (Lipinski definition) is 3. The molecule has 0 bridgehead atoms. The van der Waals surface area contributed by atoms with E-state index in [4.69, 9.17) is 5.73 Å². The van der Waals surface area contributed by atoms with Crippen LogP contribution >= 0.6 is 0 Å². The molecule has 4 N–H and O–H groups in total. The molecular weight excluding hydrogens is 236 g/mol. The lowest BCUT2D eigenvalue weighted by Crippen LogP contribution is -2.09. The Morgan fingerprint density at radius 3 is 2.89 bits per heavy atom. The van der Waals surface area contributed by atoms with Crippen molar-refractivity contribution >= 4 is 22.4 Å². The van der Waals surface area contributed by atoms with Gasteiger partial charge in [0, 0.05) is 23.3 Å². The van der Waals surface area contributed by atoms with Crippen LogP contribution in [0.1, 0.15) is 18.5 Å². The predicted molar refractivity (Wildman–Crippen MR) is 79.0 cm³/mol. The number of nitrogen functional groups attached to an aromatic ring is 1. The number of aromatic amines is 1. The number of H-pyrrole nitrogens is 1. The van der Waals surface area contributed by atoms with Crippen molar-refractivity contribution in [1.29, 1.82) is 0 Å². The van der Waals surface area contributed by atoms with Gasteiger partial charge in [0.15, 0.2) is 0 Å². The minimum Gasteiger partial charge on any atom is -0.396 e. The molecule has 0 fully saturated rings. The highest BCUT2D eigenvalue weighted by Crippen LogP contribution is 2.27. The zero-order valence-electron chi connectivity index (χ0n) is 10.7. The minimum absolute atomic E-state index is 0.133. The second-order valence-electron chi connectivity index (χ2n) is 4.60. The van der Waals surface area contributed by atoms with Crippen molar-refractivity contribution in [2.24, 2.45) is 0 Å². The van der Waals surface area contributed by atoms with Crippen LogP contribution in [-0.2, 0) is 0 Å². The summed E-state index contributed by atoms with van der Waals surface area (Å²) in [5, 5.41) is 4.57. The third-order valence-electron chi connectivity index (χ3n) is 3.28. The number of para-hydroxylation sites is 1. The maximum absolute atomic E-state index is 5.90. The Kier molecular flexibility index (Phi) is 2.83. The second kappa shape index (κ2) is 4.65. The quantitative estimate of drug-likeness (QED) is 0.670. The highest BCUT2D eigenvalue weighted by Gasteiger charge is 2.12. The first kappa shape index (κ1) is 11.6. The Balaban J connectivity index is 1.92. The fourth-order valence-corrected chi connectivity index (χ4v) is 2.27. The smallest absolute Gasteiger partial charge is 0.149 e. The zero-order chi connectivity index (χ0) is 13.2. The summed E-state index contributed by atoms with van der Waals surface area (Å²) in [6, 6.07) is 12.1. The molecule has 3 aromatic rings.